The average Bonchev–Trinajstić information content (AvgIpc) is 2.63. The average molecular weight is 357 g/mol. The first-order valence-corrected chi connectivity index (χ1v) is 10.1. The van der Waals surface area contributed by atoms with Crippen molar-refractivity contribution in [1.29, 1.82) is 0 Å². The molecule has 3 rings (SSSR count). The molecule has 2 saturated carbocycles. The lowest BCUT2D eigenvalue weighted by molar-refractivity contribution is 0.0926. The first kappa shape index (κ1) is 18.9. The molecule has 1 aromatic rings. The van der Waals surface area contributed by atoms with E-state index in [9.17, 15) is 9.59 Å². The minimum atomic E-state index is -0.103. The molecule has 1 heterocycles. The number of carbonyl (C=O) groups excluding carboxylic acids is 2. The second-order valence-corrected chi connectivity index (χ2v) is 7.87. The maximum Gasteiger partial charge on any atom is 0.253 e. The third kappa shape index (κ3) is 4.63. The van der Waals surface area contributed by atoms with Crippen LogP contribution in [0.4, 0.5) is 0 Å². The number of pyridine rings is 1. The Morgan fingerprint density at radius 2 is 1.15 bits per heavy atom. The minimum Gasteiger partial charge on any atom is -0.349 e. The summed E-state index contributed by atoms with van der Waals surface area (Å²) in [5.41, 5.74) is 2.42. The molecule has 2 amide bonds. The van der Waals surface area contributed by atoms with Gasteiger partial charge in [-0.15, -0.1) is 0 Å². The molecule has 2 aliphatic rings. The summed E-state index contributed by atoms with van der Waals surface area (Å²) in [4.78, 5) is 29.9. The lowest BCUT2D eigenvalue weighted by atomic mass is 9.94. The van der Waals surface area contributed by atoms with Crippen molar-refractivity contribution < 1.29 is 9.59 Å². The highest BCUT2D eigenvalue weighted by Gasteiger charge is 2.22. The molecule has 5 nitrogen and oxygen atoms in total. The molecule has 0 aromatic carbocycles. The van der Waals surface area contributed by atoms with E-state index in [0.717, 1.165) is 25.7 Å². The van der Waals surface area contributed by atoms with Gasteiger partial charge in [0.05, 0.1) is 22.5 Å². The van der Waals surface area contributed by atoms with Crippen molar-refractivity contribution >= 4 is 11.8 Å². The van der Waals surface area contributed by atoms with Crippen LogP contribution in [0.1, 0.15) is 96.3 Å². The molecular formula is C21H31N3O2. The molecule has 26 heavy (non-hydrogen) atoms. The normalized spacial score (nSPS) is 19.2. The highest BCUT2D eigenvalue weighted by atomic mass is 16.2. The summed E-state index contributed by atoms with van der Waals surface area (Å²) in [6, 6.07) is 2.22. The van der Waals surface area contributed by atoms with Crippen LogP contribution in [0.15, 0.2) is 6.07 Å². The smallest absolute Gasteiger partial charge is 0.253 e. The molecule has 2 fully saturated rings. The van der Waals surface area contributed by atoms with Gasteiger partial charge in [-0.1, -0.05) is 38.5 Å². The second kappa shape index (κ2) is 8.65. The Balaban J connectivity index is 1.72. The van der Waals surface area contributed by atoms with E-state index in [1.54, 1.807) is 6.07 Å². The van der Waals surface area contributed by atoms with E-state index < -0.39 is 0 Å². The van der Waals surface area contributed by atoms with Crippen LogP contribution in [0.25, 0.3) is 0 Å². The van der Waals surface area contributed by atoms with Crippen LogP contribution < -0.4 is 10.6 Å². The number of aryl methyl sites for hydroxylation is 2. The predicted molar refractivity (Wildman–Crippen MR) is 102 cm³/mol. The van der Waals surface area contributed by atoms with Crippen LogP contribution in [0, 0.1) is 13.8 Å². The number of hydrogen-bond acceptors (Lipinski definition) is 3. The third-order valence-corrected chi connectivity index (χ3v) is 5.77. The van der Waals surface area contributed by atoms with Gasteiger partial charge in [-0.25, -0.2) is 0 Å². The molecule has 0 unspecified atom stereocenters. The zero-order valence-corrected chi connectivity index (χ0v) is 16.1. The van der Waals surface area contributed by atoms with E-state index >= 15 is 0 Å². The zero-order chi connectivity index (χ0) is 18.5. The Hall–Kier alpha value is -1.91. The topological polar surface area (TPSA) is 71.1 Å². The van der Waals surface area contributed by atoms with E-state index in [2.05, 4.69) is 15.6 Å². The van der Waals surface area contributed by atoms with Gasteiger partial charge in [0.1, 0.15) is 0 Å². The van der Waals surface area contributed by atoms with E-state index in [4.69, 9.17) is 0 Å². The molecule has 2 N–H and O–H groups in total. The number of aromatic nitrogens is 1. The largest absolute Gasteiger partial charge is 0.349 e. The number of hydrogen-bond donors (Lipinski definition) is 2. The number of carbonyl (C=O) groups is 2. The van der Waals surface area contributed by atoms with Gasteiger partial charge in [0.15, 0.2) is 0 Å². The second-order valence-electron chi connectivity index (χ2n) is 7.87. The summed E-state index contributed by atoms with van der Waals surface area (Å²) in [5.74, 6) is -0.206. The first-order valence-electron chi connectivity index (χ1n) is 10.1. The molecule has 0 bridgehead atoms. The van der Waals surface area contributed by atoms with Gasteiger partial charge in [0.2, 0.25) is 0 Å². The maximum absolute atomic E-state index is 12.7. The number of amides is 2. The number of nitrogens with one attached hydrogen (secondary N) is 2. The summed E-state index contributed by atoms with van der Waals surface area (Å²) < 4.78 is 0. The van der Waals surface area contributed by atoms with E-state index in [-0.39, 0.29) is 23.9 Å². The highest BCUT2D eigenvalue weighted by molar-refractivity contribution is 6.01. The number of rotatable bonds is 4. The quantitative estimate of drug-likeness (QED) is 0.860. The molecule has 0 aliphatic heterocycles. The molecule has 0 atom stereocenters. The molecule has 142 valence electrons. The van der Waals surface area contributed by atoms with Gasteiger partial charge in [-0.3, -0.25) is 14.6 Å². The molecule has 0 spiro atoms. The molecular weight excluding hydrogens is 326 g/mol. The molecule has 5 heteroatoms. The first-order chi connectivity index (χ1) is 12.5. The van der Waals surface area contributed by atoms with E-state index in [0.29, 0.717) is 22.5 Å². The molecule has 0 radical (unpaired) electrons. The van der Waals surface area contributed by atoms with Crippen molar-refractivity contribution in [3.63, 3.8) is 0 Å². The number of nitrogens with zero attached hydrogens (tertiary/aromatic N) is 1. The standard InChI is InChI=1S/C21H31N3O2/c1-14-18(20(25)23-16-9-5-3-6-10-16)13-19(15(2)22-14)21(26)24-17-11-7-4-8-12-17/h13,16-17H,3-12H2,1-2H3,(H,23,25)(H,24,26). The molecule has 2 aliphatic carbocycles. The van der Waals surface area contributed by atoms with Crippen molar-refractivity contribution in [2.75, 3.05) is 0 Å². The lowest BCUT2D eigenvalue weighted by Gasteiger charge is -2.24. The van der Waals surface area contributed by atoms with Gasteiger partial charge >= 0.3 is 0 Å². The van der Waals surface area contributed by atoms with Crippen molar-refractivity contribution in [3.8, 4) is 0 Å². The zero-order valence-electron chi connectivity index (χ0n) is 16.1. The van der Waals surface area contributed by atoms with Crippen molar-refractivity contribution in [1.82, 2.24) is 15.6 Å². The fourth-order valence-electron chi connectivity index (χ4n) is 4.21. The van der Waals surface area contributed by atoms with E-state index in [1.165, 1.54) is 38.5 Å². The summed E-state index contributed by atoms with van der Waals surface area (Å²) in [6.07, 6.45) is 11.4. The summed E-state index contributed by atoms with van der Waals surface area (Å²) in [5, 5.41) is 6.26. The summed E-state index contributed by atoms with van der Waals surface area (Å²) >= 11 is 0. The summed E-state index contributed by atoms with van der Waals surface area (Å²) in [6.45, 7) is 3.68. The van der Waals surface area contributed by atoms with Gasteiger partial charge < -0.3 is 10.6 Å². The summed E-state index contributed by atoms with van der Waals surface area (Å²) in [7, 11) is 0. The Morgan fingerprint density at radius 3 is 1.54 bits per heavy atom. The van der Waals surface area contributed by atoms with Crippen LogP contribution in [0.5, 0.6) is 0 Å². The van der Waals surface area contributed by atoms with Gasteiger partial charge in [-0.05, 0) is 45.6 Å². The van der Waals surface area contributed by atoms with Crippen LogP contribution in [-0.2, 0) is 0 Å². The predicted octanol–water partition coefficient (Wildman–Crippen LogP) is 3.82. The monoisotopic (exact) mass is 357 g/mol. The minimum absolute atomic E-state index is 0.103. The van der Waals surface area contributed by atoms with Crippen molar-refractivity contribution in [3.05, 3.63) is 28.6 Å². The van der Waals surface area contributed by atoms with Crippen LogP contribution in [0.2, 0.25) is 0 Å². The van der Waals surface area contributed by atoms with Gasteiger partial charge in [0, 0.05) is 12.1 Å². The Bertz CT molecular complexity index is 606. The fourth-order valence-corrected chi connectivity index (χ4v) is 4.21. The van der Waals surface area contributed by atoms with Crippen molar-refractivity contribution in [2.45, 2.75) is 90.1 Å². The Kier molecular flexibility index (Phi) is 6.28. The third-order valence-electron chi connectivity index (χ3n) is 5.77. The Labute approximate surface area is 156 Å². The Morgan fingerprint density at radius 1 is 0.769 bits per heavy atom. The highest BCUT2D eigenvalue weighted by Crippen LogP contribution is 2.20. The van der Waals surface area contributed by atoms with Crippen LogP contribution >= 0.6 is 0 Å². The maximum atomic E-state index is 12.7. The van der Waals surface area contributed by atoms with Gasteiger partial charge in [0.25, 0.3) is 11.8 Å². The van der Waals surface area contributed by atoms with Crippen LogP contribution in [-0.4, -0.2) is 28.9 Å². The van der Waals surface area contributed by atoms with Gasteiger partial charge in [-0.2, -0.15) is 0 Å². The lowest BCUT2D eigenvalue weighted by Crippen LogP contribution is -2.38. The molecule has 0 saturated heterocycles. The fraction of sp³-hybridized carbons (Fsp3) is 0.667. The van der Waals surface area contributed by atoms with E-state index in [1.807, 2.05) is 13.8 Å². The SMILES string of the molecule is Cc1nc(C)c(C(=O)NC2CCCCC2)cc1C(=O)NC1CCCCC1. The van der Waals surface area contributed by atoms with Crippen molar-refractivity contribution in [2.24, 2.45) is 0 Å². The van der Waals surface area contributed by atoms with Crippen LogP contribution in [0.3, 0.4) is 0 Å². The molecule has 1 aromatic heterocycles.